The van der Waals surface area contributed by atoms with Crippen molar-refractivity contribution in [2.24, 2.45) is 5.73 Å². The van der Waals surface area contributed by atoms with Crippen molar-refractivity contribution in [3.63, 3.8) is 0 Å². The molecule has 10 heteroatoms. The Morgan fingerprint density at radius 1 is 0.569 bits per heavy atom. The number of phosphoric acid groups is 1. The van der Waals surface area contributed by atoms with Gasteiger partial charge in [-0.05, 0) is 64.2 Å². The van der Waals surface area contributed by atoms with Crippen molar-refractivity contribution >= 4 is 19.8 Å². The van der Waals surface area contributed by atoms with Crippen LogP contribution in [0.1, 0.15) is 194 Å². The Morgan fingerprint density at radius 3 is 1.41 bits per heavy atom. The molecule has 3 N–H and O–H groups in total. The zero-order valence-electron chi connectivity index (χ0n) is 32.8. The van der Waals surface area contributed by atoms with Gasteiger partial charge in [0.2, 0.25) is 0 Å². The average Bonchev–Trinajstić information content (AvgIpc) is 3.11. The van der Waals surface area contributed by atoms with Crippen LogP contribution in [0.3, 0.4) is 0 Å². The number of allylic oxidation sites excluding steroid dienone is 4. The molecule has 0 aliphatic carbocycles. The first-order chi connectivity index (χ1) is 24.8. The molecular weight excluding hydrogens is 665 g/mol. The Labute approximate surface area is 312 Å². The van der Waals surface area contributed by atoms with Gasteiger partial charge in [0.1, 0.15) is 6.61 Å². The molecule has 0 amide bonds. The molecule has 0 aromatic heterocycles. The van der Waals surface area contributed by atoms with Gasteiger partial charge in [0.05, 0.1) is 13.2 Å². The minimum atomic E-state index is -4.37. The predicted octanol–water partition coefficient (Wildman–Crippen LogP) is 11.6. The standard InChI is InChI=1S/C41H78NO8P/c1-3-5-7-9-11-13-15-17-18-19-20-22-23-25-27-29-31-33-40(43)47-37-39(38-49-51(45,46)48-36-35-42)50-41(44)34-32-30-28-26-24-21-16-14-12-10-8-6-4-2/h14,16,19-20,39H,3-13,15,17-18,21-38,42H2,1-2H3,(H,45,46)/b16-14-,20-19-/t39-/m1/s1. The van der Waals surface area contributed by atoms with E-state index in [2.05, 4.69) is 38.2 Å². The molecular formula is C41H78NO8P. The van der Waals surface area contributed by atoms with E-state index in [1.54, 1.807) is 0 Å². The molecule has 51 heavy (non-hydrogen) atoms. The molecule has 0 aliphatic rings. The number of carbonyl (C=O) groups excluding carboxylic acids is 2. The maximum absolute atomic E-state index is 12.5. The van der Waals surface area contributed by atoms with E-state index in [9.17, 15) is 19.0 Å². The number of rotatable bonds is 39. The van der Waals surface area contributed by atoms with Gasteiger partial charge < -0.3 is 20.1 Å². The fourth-order valence-electron chi connectivity index (χ4n) is 5.68. The second-order valence-corrected chi connectivity index (χ2v) is 15.3. The van der Waals surface area contributed by atoms with Gasteiger partial charge in [-0.15, -0.1) is 0 Å². The SMILES string of the molecule is CCCCCC/C=C\CCCCCCCC(=O)O[C@H](COC(=O)CCCCCCC/C=C\CCCCCCCCCC)COP(=O)(O)OCCN. The molecule has 0 rings (SSSR count). The van der Waals surface area contributed by atoms with Gasteiger partial charge in [-0.25, -0.2) is 4.57 Å². The largest absolute Gasteiger partial charge is 0.472 e. The summed E-state index contributed by atoms with van der Waals surface area (Å²) in [5, 5.41) is 0. The number of ether oxygens (including phenoxy) is 2. The number of hydrogen-bond acceptors (Lipinski definition) is 8. The molecule has 1 unspecified atom stereocenters. The molecule has 0 heterocycles. The van der Waals surface area contributed by atoms with Gasteiger partial charge in [0, 0.05) is 19.4 Å². The fourth-order valence-corrected chi connectivity index (χ4v) is 6.45. The monoisotopic (exact) mass is 744 g/mol. The van der Waals surface area contributed by atoms with Crippen molar-refractivity contribution in [2.45, 2.75) is 200 Å². The van der Waals surface area contributed by atoms with Gasteiger partial charge in [0.25, 0.3) is 0 Å². The van der Waals surface area contributed by atoms with Crippen LogP contribution in [-0.4, -0.2) is 49.3 Å². The van der Waals surface area contributed by atoms with Crippen LogP contribution in [-0.2, 0) is 32.7 Å². The van der Waals surface area contributed by atoms with E-state index in [0.29, 0.717) is 6.42 Å². The minimum Gasteiger partial charge on any atom is -0.462 e. The summed E-state index contributed by atoms with van der Waals surface area (Å²) >= 11 is 0. The summed E-state index contributed by atoms with van der Waals surface area (Å²) in [6.45, 7) is 3.70. The minimum absolute atomic E-state index is 0.0518. The molecule has 0 saturated heterocycles. The lowest BCUT2D eigenvalue weighted by molar-refractivity contribution is -0.161. The van der Waals surface area contributed by atoms with Crippen LogP contribution in [0.2, 0.25) is 0 Å². The Kier molecular flexibility index (Phi) is 37.1. The summed E-state index contributed by atoms with van der Waals surface area (Å²) in [4.78, 5) is 34.8. The topological polar surface area (TPSA) is 134 Å². The van der Waals surface area contributed by atoms with Crippen LogP contribution < -0.4 is 5.73 Å². The van der Waals surface area contributed by atoms with E-state index in [1.165, 1.54) is 89.9 Å². The summed E-state index contributed by atoms with van der Waals surface area (Å²) < 4.78 is 32.7. The molecule has 9 nitrogen and oxygen atoms in total. The van der Waals surface area contributed by atoms with Crippen LogP contribution in [0, 0.1) is 0 Å². The second kappa shape index (κ2) is 38.2. The van der Waals surface area contributed by atoms with E-state index in [-0.39, 0.29) is 32.6 Å². The van der Waals surface area contributed by atoms with Crippen molar-refractivity contribution < 1.29 is 37.6 Å². The Bertz CT molecular complexity index is 897. The van der Waals surface area contributed by atoms with E-state index >= 15 is 0 Å². The molecule has 0 saturated carbocycles. The van der Waals surface area contributed by atoms with Gasteiger partial charge in [0.15, 0.2) is 6.10 Å². The molecule has 0 spiro atoms. The number of esters is 2. The van der Waals surface area contributed by atoms with E-state index < -0.39 is 32.5 Å². The third-order valence-corrected chi connectivity index (χ3v) is 9.79. The van der Waals surface area contributed by atoms with Gasteiger partial charge in [-0.1, -0.05) is 141 Å². The molecule has 0 aliphatic heterocycles. The highest BCUT2D eigenvalue weighted by Crippen LogP contribution is 2.43. The van der Waals surface area contributed by atoms with Crippen LogP contribution in [0.4, 0.5) is 0 Å². The molecule has 2 atom stereocenters. The number of hydrogen-bond donors (Lipinski definition) is 2. The van der Waals surface area contributed by atoms with Gasteiger partial charge >= 0.3 is 19.8 Å². The highest BCUT2D eigenvalue weighted by Gasteiger charge is 2.26. The zero-order valence-corrected chi connectivity index (χ0v) is 33.7. The predicted molar refractivity (Wildman–Crippen MR) is 211 cm³/mol. The number of unbranched alkanes of at least 4 members (excludes halogenated alkanes) is 22. The van der Waals surface area contributed by atoms with Gasteiger partial charge in [-0.3, -0.25) is 18.6 Å². The zero-order chi connectivity index (χ0) is 37.5. The lowest BCUT2D eigenvalue weighted by atomic mass is 10.1. The Hall–Kier alpha value is -1.51. The first-order valence-corrected chi connectivity index (χ1v) is 22.3. The Morgan fingerprint density at radius 2 is 0.961 bits per heavy atom. The molecule has 0 fully saturated rings. The van der Waals surface area contributed by atoms with E-state index in [0.717, 1.165) is 70.6 Å². The smallest absolute Gasteiger partial charge is 0.462 e. The van der Waals surface area contributed by atoms with E-state index in [1.807, 2.05) is 0 Å². The molecule has 0 aromatic carbocycles. The highest BCUT2D eigenvalue weighted by atomic mass is 31.2. The molecule has 0 aromatic rings. The van der Waals surface area contributed by atoms with Crippen LogP contribution in [0.5, 0.6) is 0 Å². The normalized spacial score (nSPS) is 13.6. The summed E-state index contributed by atoms with van der Waals surface area (Å²) in [6, 6.07) is 0. The number of phosphoric ester groups is 1. The summed E-state index contributed by atoms with van der Waals surface area (Å²) in [6.07, 6.45) is 39.2. The van der Waals surface area contributed by atoms with Crippen LogP contribution >= 0.6 is 7.82 Å². The Balaban J connectivity index is 4.17. The second-order valence-electron chi connectivity index (χ2n) is 13.8. The molecule has 300 valence electrons. The van der Waals surface area contributed by atoms with Crippen molar-refractivity contribution in [2.75, 3.05) is 26.4 Å². The summed E-state index contributed by atoms with van der Waals surface area (Å²) in [7, 11) is -4.37. The first-order valence-electron chi connectivity index (χ1n) is 20.8. The van der Waals surface area contributed by atoms with Gasteiger partial charge in [-0.2, -0.15) is 0 Å². The lowest BCUT2D eigenvalue weighted by Crippen LogP contribution is -2.29. The van der Waals surface area contributed by atoms with E-state index in [4.69, 9.17) is 24.3 Å². The highest BCUT2D eigenvalue weighted by molar-refractivity contribution is 7.47. The third-order valence-electron chi connectivity index (χ3n) is 8.81. The first kappa shape index (κ1) is 49.5. The summed E-state index contributed by atoms with van der Waals surface area (Å²) in [5.74, 6) is -0.845. The quantitative estimate of drug-likeness (QED) is 0.0273. The summed E-state index contributed by atoms with van der Waals surface area (Å²) in [5.41, 5.74) is 5.34. The van der Waals surface area contributed by atoms with Crippen LogP contribution in [0.15, 0.2) is 24.3 Å². The van der Waals surface area contributed by atoms with Crippen molar-refractivity contribution in [3.8, 4) is 0 Å². The van der Waals surface area contributed by atoms with Crippen molar-refractivity contribution in [1.82, 2.24) is 0 Å². The number of carbonyl (C=O) groups is 2. The average molecular weight is 744 g/mol. The number of nitrogens with two attached hydrogens (primary N) is 1. The van der Waals surface area contributed by atoms with Crippen LogP contribution in [0.25, 0.3) is 0 Å². The third kappa shape index (κ3) is 38.0. The lowest BCUT2D eigenvalue weighted by Gasteiger charge is -2.19. The maximum atomic E-state index is 12.5. The molecule has 0 radical (unpaired) electrons. The van der Waals surface area contributed by atoms with Crippen molar-refractivity contribution in [1.29, 1.82) is 0 Å². The maximum Gasteiger partial charge on any atom is 0.472 e. The molecule has 0 bridgehead atoms. The van der Waals surface area contributed by atoms with Crippen molar-refractivity contribution in [3.05, 3.63) is 24.3 Å². The fraction of sp³-hybridized carbons (Fsp3) is 0.854.